The van der Waals surface area contributed by atoms with Gasteiger partial charge in [-0.1, -0.05) is 158 Å². The van der Waals surface area contributed by atoms with Crippen LogP contribution in [-0.2, 0) is 0 Å². The summed E-state index contributed by atoms with van der Waals surface area (Å²) in [5, 5.41) is 2.24. The van der Waals surface area contributed by atoms with Crippen LogP contribution in [0.4, 0.5) is 0 Å². The topological polar surface area (TPSA) is 50.5 Å². The Kier molecular flexibility index (Phi) is 7.65. The first-order valence-corrected chi connectivity index (χ1v) is 21.7. The van der Waals surface area contributed by atoms with Crippen LogP contribution in [0.25, 0.3) is 50.1 Å². The van der Waals surface area contributed by atoms with Crippen molar-refractivity contribution in [2.45, 2.75) is 37.6 Å². The van der Waals surface area contributed by atoms with Gasteiger partial charge in [-0.2, -0.15) is 0 Å². The lowest BCUT2D eigenvalue weighted by atomic mass is 9.64. The van der Waals surface area contributed by atoms with Crippen LogP contribution in [0.15, 0.2) is 186 Å². The van der Waals surface area contributed by atoms with Crippen LogP contribution in [0, 0.1) is 0 Å². The zero-order valence-electron chi connectivity index (χ0n) is 34.4. The molecule has 0 unspecified atom stereocenters. The number of aliphatic imine (C=N–C) groups is 2. The van der Waals surface area contributed by atoms with Gasteiger partial charge in [-0.25, -0.2) is 9.97 Å². The Bertz CT molecular complexity index is 3360. The molecular weight excluding hydrogens is 753 g/mol. The number of hydrogen-bond donors (Lipinski definition) is 0. The maximum atomic E-state index is 5.68. The van der Waals surface area contributed by atoms with Gasteiger partial charge in [-0.05, 0) is 115 Å². The highest BCUT2D eigenvalue weighted by molar-refractivity contribution is 6.18. The van der Waals surface area contributed by atoms with Crippen molar-refractivity contribution >= 4 is 39.8 Å². The molecule has 62 heavy (non-hydrogen) atoms. The highest BCUT2D eigenvalue weighted by Gasteiger charge is 2.43. The van der Waals surface area contributed by atoms with E-state index in [1.165, 1.54) is 44.5 Å². The molecule has 0 atom stereocenters. The van der Waals surface area contributed by atoms with Crippen molar-refractivity contribution in [1.29, 1.82) is 0 Å². The van der Waals surface area contributed by atoms with Crippen LogP contribution >= 0.6 is 0 Å². The van der Waals surface area contributed by atoms with E-state index >= 15 is 0 Å². The lowest BCUT2D eigenvalue weighted by molar-refractivity contribution is 0.709. The summed E-state index contributed by atoms with van der Waals surface area (Å²) in [5.41, 5.74) is 22.9. The van der Waals surface area contributed by atoms with Gasteiger partial charge in [0, 0.05) is 29.1 Å². The molecule has 9 aromatic rings. The van der Waals surface area contributed by atoms with Gasteiger partial charge < -0.3 is 0 Å². The minimum absolute atomic E-state index is 0.0325. The fourth-order valence-corrected chi connectivity index (χ4v) is 11.4. The molecule has 0 fully saturated rings. The Morgan fingerprint density at radius 1 is 0.403 bits per heavy atom. The number of aromatic nitrogens is 2. The molecule has 0 radical (unpaired) electrons. The first-order valence-electron chi connectivity index (χ1n) is 21.7. The molecule has 4 nitrogen and oxygen atoms in total. The second-order valence-electron chi connectivity index (χ2n) is 17.2. The monoisotopic (exact) mass is 792 g/mol. The van der Waals surface area contributed by atoms with E-state index in [1.807, 2.05) is 0 Å². The first-order chi connectivity index (χ1) is 30.6. The number of rotatable bonds is 2. The second kappa shape index (κ2) is 13.5. The maximum Gasteiger partial charge on any atom is 0.101 e. The molecule has 0 amide bonds. The average molecular weight is 793 g/mol. The van der Waals surface area contributed by atoms with Gasteiger partial charge >= 0.3 is 0 Å². The van der Waals surface area contributed by atoms with Crippen LogP contribution < -0.4 is 0 Å². The summed E-state index contributed by atoms with van der Waals surface area (Å²) in [4.78, 5) is 22.5. The molecule has 6 aliphatic rings. The van der Waals surface area contributed by atoms with Crippen LogP contribution in [0.1, 0.15) is 105 Å². The van der Waals surface area contributed by atoms with Gasteiger partial charge in [-0.15, -0.1) is 0 Å². The molecule has 0 spiro atoms. The molecule has 2 aliphatic heterocycles. The summed E-state index contributed by atoms with van der Waals surface area (Å²) in [6.45, 7) is 4.33. The summed E-state index contributed by atoms with van der Waals surface area (Å²) < 4.78 is 0. The number of nitrogens with zero attached hydrogens (tertiary/aromatic N) is 4. The lowest BCUT2D eigenvalue weighted by Crippen LogP contribution is -2.29. The molecular formula is C58H40N4. The summed E-state index contributed by atoms with van der Waals surface area (Å²) in [5.74, 6) is 0.102. The Balaban J connectivity index is 1.16. The van der Waals surface area contributed by atoms with Crippen molar-refractivity contribution < 1.29 is 0 Å². The van der Waals surface area contributed by atoms with E-state index in [2.05, 4.69) is 196 Å². The van der Waals surface area contributed by atoms with Gasteiger partial charge in [0.05, 0.1) is 34.3 Å². The summed E-state index contributed by atoms with van der Waals surface area (Å²) in [7, 11) is 0. The highest BCUT2D eigenvalue weighted by Crippen LogP contribution is 2.55. The molecule has 15 rings (SSSR count). The minimum atomic E-state index is -0.182. The zero-order chi connectivity index (χ0) is 41.1. The van der Waals surface area contributed by atoms with Crippen LogP contribution in [0.3, 0.4) is 0 Å². The van der Waals surface area contributed by atoms with Gasteiger partial charge in [0.2, 0.25) is 0 Å². The van der Waals surface area contributed by atoms with E-state index in [0.29, 0.717) is 0 Å². The van der Waals surface area contributed by atoms with Crippen molar-refractivity contribution in [3.8, 4) is 22.3 Å². The molecule has 4 heteroatoms. The number of benzene rings is 8. The van der Waals surface area contributed by atoms with Gasteiger partial charge in [0.15, 0.2) is 0 Å². The van der Waals surface area contributed by atoms with Crippen molar-refractivity contribution in [3.63, 3.8) is 0 Å². The smallest absolute Gasteiger partial charge is 0.101 e. The molecule has 4 aliphatic carbocycles. The molecule has 0 saturated carbocycles. The Morgan fingerprint density at radius 2 is 0.790 bits per heavy atom. The Labute approximate surface area is 360 Å². The van der Waals surface area contributed by atoms with Gasteiger partial charge in [0.25, 0.3) is 0 Å². The zero-order valence-corrected chi connectivity index (χ0v) is 34.4. The first kappa shape index (κ1) is 35.2. The standard InChI is InChI=1S/C58H40N4/c1-33-29-45-48(32-59-56-43-27-15-13-25-41(43)51(34(2)60-33)42-26-14-16-28-44(42)56)53(36-19-7-4-8-20-36)47-31-50-49(30-46(47)52(45)35-17-5-3-6-18-35)61-57-54-37-21-9-11-23-39(37)55(58(57)62-50)40-24-12-10-22-38(40)54/h3-32,51,54-56H,1-2H3. The van der Waals surface area contributed by atoms with Crippen molar-refractivity contribution in [1.82, 2.24) is 9.97 Å². The van der Waals surface area contributed by atoms with Crippen LogP contribution in [0.2, 0.25) is 0 Å². The van der Waals surface area contributed by atoms with E-state index in [1.54, 1.807) is 0 Å². The normalized spacial score (nSPS) is 18.9. The number of fused-ring (bicyclic) bond motifs is 3. The molecule has 1 aromatic heterocycles. The molecule has 0 saturated heterocycles. The second-order valence-corrected chi connectivity index (χ2v) is 17.2. The third kappa shape index (κ3) is 5.07. The van der Waals surface area contributed by atoms with Crippen molar-refractivity contribution in [3.05, 3.63) is 243 Å². The van der Waals surface area contributed by atoms with Crippen LogP contribution in [0.5, 0.6) is 0 Å². The molecule has 4 bridgehead atoms. The largest absolute Gasteiger partial charge is 0.280 e. The predicted octanol–water partition coefficient (Wildman–Crippen LogP) is 13.6. The van der Waals surface area contributed by atoms with E-state index in [4.69, 9.17) is 20.0 Å². The van der Waals surface area contributed by atoms with Crippen LogP contribution in [-0.4, -0.2) is 21.9 Å². The molecule has 292 valence electrons. The molecule has 8 aromatic carbocycles. The van der Waals surface area contributed by atoms with Gasteiger partial charge in [0.1, 0.15) is 6.04 Å². The Hall–Kier alpha value is -7.56. The van der Waals surface area contributed by atoms with E-state index in [0.717, 1.165) is 78.0 Å². The fourth-order valence-electron chi connectivity index (χ4n) is 11.4. The molecule has 0 N–H and O–H groups in total. The van der Waals surface area contributed by atoms with Crippen molar-refractivity contribution in [2.24, 2.45) is 9.98 Å². The fraction of sp³-hybridized carbons (Fsp3) is 0.103. The van der Waals surface area contributed by atoms with Gasteiger partial charge in [-0.3, -0.25) is 9.98 Å². The number of allylic oxidation sites excluding steroid dienone is 1. The quantitative estimate of drug-likeness (QED) is 0.164. The molecule has 3 heterocycles. The third-order valence-electron chi connectivity index (χ3n) is 13.8. The Morgan fingerprint density at radius 3 is 1.24 bits per heavy atom. The maximum absolute atomic E-state index is 5.68. The number of hydrogen-bond acceptors (Lipinski definition) is 4. The van der Waals surface area contributed by atoms with Crippen molar-refractivity contribution in [2.75, 3.05) is 0 Å². The third-order valence-corrected chi connectivity index (χ3v) is 13.8. The predicted molar refractivity (Wildman–Crippen MR) is 254 cm³/mol. The minimum Gasteiger partial charge on any atom is -0.280 e. The van der Waals surface area contributed by atoms with E-state index < -0.39 is 0 Å². The highest BCUT2D eigenvalue weighted by atomic mass is 14.9. The summed E-state index contributed by atoms with van der Waals surface area (Å²) in [6, 6.07) is 61.5. The summed E-state index contributed by atoms with van der Waals surface area (Å²) in [6.07, 6.45) is 4.46. The van der Waals surface area contributed by atoms with E-state index in [9.17, 15) is 0 Å². The van der Waals surface area contributed by atoms with E-state index in [-0.39, 0.29) is 23.8 Å². The lowest BCUT2D eigenvalue weighted by Gasteiger charge is -2.40. The summed E-state index contributed by atoms with van der Waals surface area (Å²) >= 11 is 0. The SMILES string of the molecule is CC1=Cc2c(c(-c3ccccc3)c3cc4nc5c(nc4cc3c2-c2ccccc2)C2c3ccccc3C5c3ccccc32)C=NC2c3ccccc3C(C(C)=N1)c1ccccc12. The average Bonchev–Trinajstić information content (AvgIpc) is 3.31.